The van der Waals surface area contributed by atoms with Crippen LogP contribution in [0, 0.1) is 11.6 Å². The molecule has 0 saturated heterocycles. The van der Waals surface area contributed by atoms with E-state index in [4.69, 9.17) is 0 Å². The van der Waals surface area contributed by atoms with Crippen LogP contribution in [-0.2, 0) is 0 Å². The summed E-state index contributed by atoms with van der Waals surface area (Å²) in [6, 6.07) is 11.6. The van der Waals surface area contributed by atoms with Crippen molar-refractivity contribution in [2.75, 3.05) is 0 Å². The lowest BCUT2D eigenvalue weighted by Gasteiger charge is -2.06. The molecule has 31 heavy (non-hydrogen) atoms. The van der Waals surface area contributed by atoms with Gasteiger partial charge in [-0.3, -0.25) is 0 Å². The first-order valence-corrected chi connectivity index (χ1v) is 9.31. The molecule has 0 aliphatic heterocycles. The summed E-state index contributed by atoms with van der Waals surface area (Å²) >= 11 is 0. The molecule has 0 aliphatic rings. The quantitative estimate of drug-likeness (QED) is 0.295. The number of allylic oxidation sites excluding steroid dienone is 9. The zero-order chi connectivity index (χ0) is 23.1. The summed E-state index contributed by atoms with van der Waals surface area (Å²) in [5, 5.41) is 0. The lowest BCUT2D eigenvalue weighted by molar-refractivity contribution is 0.509. The molecular formula is C27H22F4. The summed E-state index contributed by atoms with van der Waals surface area (Å²) < 4.78 is 56.5. The van der Waals surface area contributed by atoms with E-state index in [-0.39, 0.29) is 27.8 Å². The molecule has 158 valence electrons. The van der Waals surface area contributed by atoms with Gasteiger partial charge < -0.3 is 0 Å². The fourth-order valence-electron chi connectivity index (χ4n) is 2.56. The Hall–Kier alpha value is -3.66. The molecule has 0 fully saturated rings. The lowest BCUT2D eigenvalue weighted by Crippen LogP contribution is -1.93. The largest absolute Gasteiger partial charge is 0.203 e. The van der Waals surface area contributed by atoms with E-state index in [1.165, 1.54) is 43.4 Å². The van der Waals surface area contributed by atoms with Gasteiger partial charge in [0.05, 0.1) is 0 Å². The number of rotatable bonds is 8. The third-order valence-electron chi connectivity index (χ3n) is 4.39. The van der Waals surface area contributed by atoms with E-state index < -0.39 is 23.3 Å². The van der Waals surface area contributed by atoms with Gasteiger partial charge in [-0.25, -0.2) is 17.6 Å². The first-order chi connectivity index (χ1) is 14.6. The summed E-state index contributed by atoms with van der Waals surface area (Å²) in [7, 11) is 0. The van der Waals surface area contributed by atoms with E-state index in [9.17, 15) is 17.6 Å². The van der Waals surface area contributed by atoms with Crippen molar-refractivity contribution < 1.29 is 17.6 Å². The first kappa shape index (κ1) is 23.6. The Kier molecular flexibility index (Phi) is 7.92. The average Bonchev–Trinajstić information content (AvgIpc) is 2.77. The Morgan fingerprint density at radius 3 is 2.03 bits per heavy atom. The molecule has 0 bridgehead atoms. The van der Waals surface area contributed by atoms with Crippen LogP contribution in [0.3, 0.4) is 0 Å². The van der Waals surface area contributed by atoms with Crippen LogP contribution >= 0.6 is 0 Å². The molecule has 0 aliphatic carbocycles. The van der Waals surface area contributed by atoms with E-state index in [0.717, 1.165) is 0 Å². The topological polar surface area (TPSA) is 0 Å². The number of halogens is 4. The second-order valence-corrected chi connectivity index (χ2v) is 6.85. The number of hydrogen-bond donors (Lipinski definition) is 0. The molecule has 0 saturated carbocycles. The van der Waals surface area contributed by atoms with Crippen molar-refractivity contribution in [3.63, 3.8) is 0 Å². The van der Waals surface area contributed by atoms with Gasteiger partial charge in [-0.2, -0.15) is 0 Å². The van der Waals surface area contributed by atoms with Gasteiger partial charge in [-0.05, 0) is 29.2 Å². The van der Waals surface area contributed by atoms with Crippen molar-refractivity contribution in [1.82, 2.24) is 0 Å². The van der Waals surface area contributed by atoms with Gasteiger partial charge in [0, 0.05) is 16.7 Å². The maximum Gasteiger partial charge on any atom is 0.167 e. The molecule has 2 rings (SSSR count). The standard InChI is InChI=1S/C27H22F4/c1-17(2)24(28)25(29)20(5)19(4)13-11-18(3)12-14-22-15-16-23(27(31)26(22)30)21-9-7-6-8-10-21/h6-16H,1,3-5H2,2H3/b13-11-,14-12+,25-24-. The van der Waals surface area contributed by atoms with Crippen molar-refractivity contribution in [3.8, 4) is 11.1 Å². The van der Waals surface area contributed by atoms with Crippen LogP contribution in [0.2, 0.25) is 0 Å². The summed E-state index contributed by atoms with van der Waals surface area (Å²) in [6.45, 7) is 15.6. The third-order valence-corrected chi connectivity index (χ3v) is 4.39. The van der Waals surface area contributed by atoms with E-state index in [2.05, 4.69) is 26.3 Å². The Bertz CT molecular complexity index is 1130. The van der Waals surface area contributed by atoms with E-state index in [1.54, 1.807) is 30.3 Å². The Morgan fingerprint density at radius 1 is 0.774 bits per heavy atom. The van der Waals surface area contributed by atoms with Crippen molar-refractivity contribution in [2.24, 2.45) is 0 Å². The molecule has 0 atom stereocenters. The highest BCUT2D eigenvalue weighted by molar-refractivity contribution is 5.67. The zero-order valence-electron chi connectivity index (χ0n) is 17.2. The average molecular weight is 422 g/mol. The highest BCUT2D eigenvalue weighted by atomic mass is 19.2. The van der Waals surface area contributed by atoms with Crippen LogP contribution in [0.4, 0.5) is 17.6 Å². The molecule has 2 aromatic carbocycles. The molecule has 0 spiro atoms. The van der Waals surface area contributed by atoms with Gasteiger partial charge in [-0.15, -0.1) is 0 Å². The third kappa shape index (κ3) is 5.92. The minimum absolute atomic E-state index is 0.0486. The van der Waals surface area contributed by atoms with Crippen LogP contribution < -0.4 is 0 Å². The maximum atomic E-state index is 14.5. The zero-order valence-corrected chi connectivity index (χ0v) is 17.2. The summed E-state index contributed by atoms with van der Waals surface area (Å²) in [5.41, 5.74) is 1.05. The molecule has 0 radical (unpaired) electrons. The number of benzene rings is 2. The SMILES string of the molecule is C=C(/C=C\C(=C)C(=C)/C(F)=C(/F)C(=C)C)/C=C/c1ccc(-c2ccccc2)c(F)c1F. The van der Waals surface area contributed by atoms with Crippen LogP contribution in [0.25, 0.3) is 17.2 Å². The molecule has 0 unspecified atom stereocenters. The van der Waals surface area contributed by atoms with Gasteiger partial charge >= 0.3 is 0 Å². The number of hydrogen-bond acceptors (Lipinski definition) is 0. The highest BCUT2D eigenvalue weighted by Gasteiger charge is 2.13. The van der Waals surface area contributed by atoms with E-state index in [0.29, 0.717) is 11.1 Å². The van der Waals surface area contributed by atoms with Crippen molar-refractivity contribution in [1.29, 1.82) is 0 Å². The normalized spacial score (nSPS) is 12.2. The smallest absolute Gasteiger partial charge is 0.167 e. The Morgan fingerprint density at radius 2 is 1.42 bits per heavy atom. The Balaban J connectivity index is 2.14. The highest BCUT2D eigenvalue weighted by Crippen LogP contribution is 2.28. The lowest BCUT2D eigenvalue weighted by atomic mass is 10.0. The second kappa shape index (κ2) is 10.4. The first-order valence-electron chi connectivity index (χ1n) is 9.31. The van der Waals surface area contributed by atoms with Gasteiger partial charge in [-0.1, -0.05) is 93.1 Å². The predicted molar refractivity (Wildman–Crippen MR) is 121 cm³/mol. The van der Waals surface area contributed by atoms with Crippen LogP contribution in [0.15, 0.2) is 121 Å². The van der Waals surface area contributed by atoms with Gasteiger partial charge in [0.15, 0.2) is 23.3 Å². The molecule has 2 aromatic rings. The fraction of sp³-hybridized carbons (Fsp3) is 0.0370. The van der Waals surface area contributed by atoms with Gasteiger partial charge in [0.1, 0.15) is 0 Å². The van der Waals surface area contributed by atoms with Crippen LogP contribution in [-0.4, -0.2) is 0 Å². The maximum absolute atomic E-state index is 14.5. The summed E-state index contributed by atoms with van der Waals surface area (Å²) in [6.07, 6.45) is 5.71. The molecule has 0 nitrogen and oxygen atoms in total. The minimum atomic E-state index is -1.14. The minimum Gasteiger partial charge on any atom is -0.203 e. The fourth-order valence-corrected chi connectivity index (χ4v) is 2.56. The Labute approximate surface area is 180 Å². The predicted octanol–water partition coefficient (Wildman–Crippen LogP) is 8.60. The van der Waals surface area contributed by atoms with E-state index >= 15 is 0 Å². The second-order valence-electron chi connectivity index (χ2n) is 6.85. The monoisotopic (exact) mass is 422 g/mol. The molecule has 0 aromatic heterocycles. The van der Waals surface area contributed by atoms with Crippen LogP contribution in [0.1, 0.15) is 12.5 Å². The van der Waals surface area contributed by atoms with Crippen molar-refractivity contribution >= 4 is 6.08 Å². The van der Waals surface area contributed by atoms with Crippen LogP contribution in [0.5, 0.6) is 0 Å². The van der Waals surface area contributed by atoms with E-state index in [1.807, 2.05) is 0 Å². The molecular weight excluding hydrogens is 400 g/mol. The molecule has 0 N–H and O–H groups in total. The molecule has 4 heteroatoms. The van der Waals surface area contributed by atoms with Gasteiger partial charge in [0.25, 0.3) is 0 Å². The van der Waals surface area contributed by atoms with Crippen molar-refractivity contribution in [3.05, 3.63) is 138 Å². The van der Waals surface area contributed by atoms with Crippen molar-refractivity contribution in [2.45, 2.75) is 6.92 Å². The summed E-state index contributed by atoms with van der Waals surface area (Å²) in [5.74, 6) is -4.15. The summed E-state index contributed by atoms with van der Waals surface area (Å²) in [4.78, 5) is 0. The van der Waals surface area contributed by atoms with Gasteiger partial charge in [0.2, 0.25) is 0 Å². The molecule has 0 amide bonds. The molecule has 0 heterocycles.